The standard InChI is InChI=1S/C18H15FN2O2/c19-15-6-2-1-5-14(15)17(22)11-21-18(23)13-7-8-16-12(10-13)4-3-9-20-16/h1-10,17,22H,11H2,(H,21,23). The molecule has 23 heavy (non-hydrogen) atoms. The highest BCUT2D eigenvalue weighted by atomic mass is 19.1. The van der Waals surface area contributed by atoms with Gasteiger partial charge in [-0.3, -0.25) is 9.78 Å². The third kappa shape index (κ3) is 3.35. The number of pyridine rings is 1. The van der Waals surface area contributed by atoms with Crippen LogP contribution in [0.4, 0.5) is 4.39 Å². The molecule has 1 amide bonds. The number of aliphatic hydroxyl groups is 1. The van der Waals surface area contributed by atoms with E-state index in [2.05, 4.69) is 10.3 Å². The van der Waals surface area contributed by atoms with Crippen molar-refractivity contribution in [2.75, 3.05) is 6.54 Å². The van der Waals surface area contributed by atoms with E-state index < -0.39 is 11.9 Å². The van der Waals surface area contributed by atoms with Crippen LogP contribution < -0.4 is 5.32 Å². The zero-order valence-corrected chi connectivity index (χ0v) is 12.2. The Morgan fingerprint density at radius 3 is 2.83 bits per heavy atom. The average molecular weight is 310 g/mol. The first-order valence-electron chi connectivity index (χ1n) is 7.20. The first-order chi connectivity index (χ1) is 11.1. The van der Waals surface area contributed by atoms with Crippen LogP contribution in [0.25, 0.3) is 10.9 Å². The summed E-state index contributed by atoms with van der Waals surface area (Å²) in [6, 6.07) is 14.8. The molecule has 2 aromatic carbocycles. The van der Waals surface area contributed by atoms with E-state index in [0.29, 0.717) is 5.56 Å². The topological polar surface area (TPSA) is 62.2 Å². The second kappa shape index (κ2) is 6.54. The molecule has 0 saturated heterocycles. The zero-order valence-electron chi connectivity index (χ0n) is 12.2. The highest BCUT2D eigenvalue weighted by Crippen LogP contribution is 2.16. The Labute approximate surface area is 132 Å². The van der Waals surface area contributed by atoms with Gasteiger partial charge in [-0.05, 0) is 30.3 Å². The van der Waals surface area contributed by atoms with Crippen molar-refractivity contribution in [2.24, 2.45) is 0 Å². The van der Waals surface area contributed by atoms with Gasteiger partial charge in [0.15, 0.2) is 0 Å². The van der Waals surface area contributed by atoms with E-state index in [1.54, 1.807) is 42.6 Å². The number of aliphatic hydroxyl groups excluding tert-OH is 1. The quantitative estimate of drug-likeness (QED) is 0.779. The van der Waals surface area contributed by atoms with Crippen LogP contribution in [0.3, 0.4) is 0 Å². The van der Waals surface area contributed by atoms with Gasteiger partial charge in [0.25, 0.3) is 5.91 Å². The molecule has 1 unspecified atom stereocenters. The van der Waals surface area contributed by atoms with E-state index in [1.165, 1.54) is 12.1 Å². The van der Waals surface area contributed by atoms with Crippen molar-refractivity contribution >= 4 is 16.8 Å². The molecule has 0 fully saturated rings. The third-order valence-electron chi connectivity index (χ3n) is 3.59. The van der Waals surface area contributed by atoms with Crippen LogP contribution in [0.2, 0.25) is 0 Å². The van der Waals surface area contributed by atoms with Crippen LogP contribution in [0.15, 0.2) is 60.8 Å². The molecule has 4 nitrogen and oxygen atoms in total. The summed E-state index contributed by atoms with van der Waals surface area (Å²) in [5, 5.41) is 13.5. The van der Waals surface area contributed by atoms with Crippen LogP contribution >= 0.6 is 0 Å². The van der Waals surface area contributed by atoms with Gasteiger partial charge in [0.1, 0.15) is 5.82 Å². The minimum absolute atomic E-state index is 0.0646. The van der Waals surface area contributed by atoms with Gasteiger partial charge in [-0.25, -0.2) is 4.39 Å². The Balaban J connectivity index is 1.70. The number of nitrogens with zero attached hydrogens (tertiary/aromatic N) is 1. The van der Waals surface area contributed by atoms with Gasteiger partial charge in [-0.15, -0.1) is 0 Å². The molecule has 1 atom stereocenters. The summed E-state index contributed by atoms with van der Waals surface area (Å²) < 4.78 is 13.6. The van der Waals surface area contributed by atoms with Crippen molar-refractivity contribution in [1.29, 1.82) is 0 Å². The molecule has 0 aliphatic heterocycles. The summed E-state index contributed by atoms with van der Waals surface area (Å²) in [5.74, 6) is -0.822. The van der Waals surface area contributed by atoms with Crippen LogP contribution in [0.1, 0.15) is 22.0 Å². The second-order valence-electron chi connectivity index (χ2n) is 5.16. The van der Waals surface area contributed by atoms with Crippen molar-refractivity contribution in [3.63, 3.8) is 0 Å². The second-order valence-corrected chi connectivity index (χ2v) is 5.16. The van der Waals surface area contributed by atoms with Gasteiger partial charge in [0.2, 0.25) is 0 Å². The first kappa shape index (κ1) is 15.1. The molecule has 116 valence electrons. The number of halogens is 1. The predicted octanol–water partition coefficient (Wildman–Crippen LogP) is 2.84. The average Bonchev–Trinajstić information content (AvgIpc) is 2.59. The van der Waals surface area contributed by atoms with E-state index in [9.17, 15) is 14.3 Å². The first-order valence-corrected chi connectivity index (χ1v) is 7.20. The highest BCUT2D eigenvalue weighted by molar-refractivity contribution is 5.97. The highest BCUT2D eigenvalue weighted by Gasteiger charge is 2.14. The van der Waals surface area contributed by atoms with Crippen molar-refractivity contribution in [2.45, 2.75) is 6.10 Å². The Kier molecular flexibility index (Phi) is 4.30. The molecule has 0 saturated carbocycles. The van der Waals surface area contributed by atoms with Crippen LogP contribution in [-0.4, -0.2) is 22.5 Å². The fraction of sp³-hybridized carbons (Fsp3) is 0.111. The minimum atomic E-state index is -1.10. The van der Waals surface area contributed by atoms with Crippen molar-refractivity contribution < 1.29 is 14.3 Å². The number of amides is 1. The largest absolute Gasteiger partial charge is 0.386 e. The Morgan fingerprint density at radius 1 is 1.17 bits per heavy atom. The number of carbonyl (C=O) groups excluding carboxylic acids is 1. The molecule has 1 aromatic heterocycles. The number of hydrogen-bond donors (Lipinski definition) is 2. The van der Waals surface area contributed by atoms with E-state index >= 15 is 0 Å². The van der Waals surface area contributed by atoms with Gasteiger partial charge in [-0.1, -0.05) is 24.3 Å². The molecule has 3 rings (SSSR count). The summed E-state index contributed by atoms with van der Waals surface area (Å²) in [6.07, 6.45) is 0.592. The summed E-state index contributed by atoms with van der Waals surface area (Å²) in [4.78, 5) is 16.4. The lowest BCUT2D eigenvalue weighted by Crippen LogP contribution is -2.28. The lowest BCUT2D eigenvalue weighted by atomic mass is 10.1. The number of carbonyl (C=O) groups is 1. The maximum atomic E-state index is 13.6. The number of benzene rings is 2. The van der Waals surface area contributed by atoms with Crippen LogP contribution in [0, 0.1) is 5.82 Å². The number of hydrogen-bond acceptors (Lipinski definition) is 3. The van der Waals surface area contributed by atoms with E-state index in [4.69, 9.17) is 0 Å². The SMILES string of the molecule is O=C(NCC(O)c1ccccc1F)c1ccc2ncccc2c1. The molecule has 0 aliphatic carbocycles. The summed E-state index contributed by atoms with van der Waals surface area (Å²) in [6.45, 7) is -0.0646. The summed E-state index contributed by atoms with van der Waals surface area (Å²) >= 11 is 0. The fourth-order valence-corrected chi connectivity index (χ4v) is 2.36. The monoisotopic (exact) mass is 310 g/mol. The molecule has 0 spiro atoms. The maximum absolute atomic E-state index is 13.6. The molecule has 0 aliphatic rings. The van der Waals surface area contributed by atoms with Gasteiger partial charge in [0.05, 0.1) is 11.6 Å². The van der Waals surface area contributed by atoms with Crippen LogP contribution in [-0.2, 0) is 0 Å². The number of rotatable bonds is 4. The molecule has 5 heteroatoms. The summed E-state index contributed by atoms with van der Waals surface area (Å²) in [7, 11) is 0. The smallest absolute Gasteiger partial charge is 0.251 e. The normalized spacial score (nSPS) is 12.1. The molecule has 3 aromatic rings. The van der Waals surface area contributed by atoms with E-state index in [1.807, 2.05) is 6.07 Å². The predicted molar refractivity (Wildman–Crippen MR) is 85.4 cm³/mol. The molecule has 0 radical (unpaired) electrons. The number of aromatic nitrogens is 1. The van der Waals surface area contributed by atoms with Crippen molar-refractivity contribution in [3.05, 3.63) is 77.7 Å². The Morgan fingerprint density at radius 2 is 2.00 bits per heavy atom. The van der Waals surface area contributed by atoms with Crippen molar-refractivity contribution in [1.82, 2.24) is 10.3 Å². The lowest BCUT2D eigenvalue weighted by molar-refractivity contribution is 0.0914. The molecule has 1 heterocycles. The maximum Gasteiger partial charge on any atom is 0.251 e. The Bertz CT molecular complexity index is 851. The minimum Gasteiger partial charge on any atom is -0.386 e. The van der Waals surface area contributed by atoms with E-state index in [-0.39, 0.29) is 18.0 Å². The third-order valence-corrected chi connectivity index (χ3v) is 3.59. The van der Waals surface area contributed by atoms with Gasteiger partial charge >= 0.3 is 0 Å². The molecular weight excluding hydrogens is 295 g/mol. The van der Waals surface area contributed by atoms with Gasteiger partial charge in [-0.2, -0.15) is 0 Å². The van der Waals surface area contributed by atoms with Crippen LogP contribution in [0.5, 0.6) is 0 Å². The van der Waals surface area contributed by atoms with Crippen molar-refractivity contribution in [3.8, 4) is 0 Å². The van der Waals surface area contributed by atoms with E-state index in [0.717, 1.165) is 10.9 Å². The zero-order chi connectivity index (χ0) is 16.2. The molecule has 2 N–H and O–H groups in total. The number of fused-ring (bicyclic) bond motifs is 1. The fourth-order valence-electron chi connectivity index (χ4n) is 2.36. The van der Waals surface area contributed by atoms with Gasteiger partial charge in [0, 0.05) is 29.3 Å². The lowest BCUT2D eigenvalue weighted by Gasteiger charge is -2.13. The molecule has 0 bridgehead atoms. The number of nitrogens with one attached hydrogen (secondary N) is 1. The summed E-state index contributed by atoms with van der Waals surface area (Å²) in [5.41, 5.74) is 1.43. The Hall–Kier alpha value is -2.79. The molecular formula is C18H15FN2O2. The van der Waals surface area contributed by atoms with Gasteiger partial charge < -0.3 is 10.4 Å².